The lowest BCUT2D eigenvalue weighted by molar-refractivity contribution is 0.0632. The monoisotopic (exact) mass is 401 g/mol. The van der Waals surface area contributed by atoms with Gasteiger partial charge in [0, 0.05) is 41.1 Å². The number of H-pyrrole nitrogens is 1. The number of aromatic amines is 1. The number of amides is 1. The first-order chi connectivity index (χ1) is 13.6. The summed E-state index contributed by atoms with van der Waals surface area (Å²) < 4.78 is 27.2. The summed E-state index contributed by atoms with van der Waals surface area (Å²) in [6.45, 7) is 6.90. The molecule has 1 aromatic heterocycles. The Morgan fingerprint density at radius 2 is 1.86 bits per heavy atom. The molecule has 5 nitrogen and oxygen atoms in total. The first kappa shape index (κ1) is 19.7. The number of piperidine rings is 1. The van der Waals surface area contributed by atoms with Gasteiger partial charge in [-0.3, -0.25) is 9.59 Å². The molecule has 2 aliphatic rings. The number of hydrogen-bond acceptors (Lipinski definition) is 3. The molecular weight excluding hydrogens is 376 g/mol. The normalized spacial score (nSPS) is 21.5. The zero-order valence-electron chi connectivity index (χ0n) is 16.9. The third-order valence-corrected chi connectivity index (χ3v) is 6.06. The van der Waals surface area contributed by atoms with Crippen LogP contribution in [0.2, 0.25) is 0 Å². The minimum atomic E-state index is -0.769. The highest BCUT2D eigenvalue weighted by Gasteiger charge is 2.46. The molecule has 1 N–H and O–H groups in total. The van der Waals surface area contributed by atoms with Crippen molar-refractivity contribution in [2.45, 2.75) is 57.3 Å². The first-order valence-electron chi connectivity index (χ1n) is 9.99. The molecule has 1 aromatic carbocycles. The molecule has 0 saturated carbocycles. The van der Waals surface area contributed by atoms with Gasteiger partial charge in [-0.05, 0) is 37.8 Å². The van der Waals surface area contributed by atoms with Gasteiger partial charge in [0.25, 0.3) is 11.5 Å². The van der Waals surface area contributed by atoms with Crippen molar-refractivity contribution in [1.82, 2.24) is 14.9 Å². The van der Waals surface area contributed by atoms with Crippen molar-refractivity contribution in [2.75, 3.05) is 13.1 Å². The molecule has 0 radical (unpaired) electrons. The van der Waals surface area contributed by atoms with E-state index in [1.54, 1.807) is 4.90 Å². The van der Waals surface area contributed by atoms with Crippen LogP contribution in [-0.4, -0.2) is 33.9 Å². The van der Waals surface area contributed by atoms with E-state index in [1.807, 2.05) is 20.8 Å². The van der Waals surface area contributed by atoms with Gasteiger partial charge in [0.15, 0.2) is 0 Å². The van der Waals surface area contributed by atoms with Gasteiger partial charge in [-0.2, -0.15) is 0 Å². The number of hydrogen-bond donors (Lipinski definition) is 1. The second-order valence-corrected chi connectivity index (χ2v) is 9.26. The predicted octanol–water partition coefficient (Wildman–Crippen LogP) is 3.47. The van der Waals surface area contributed by atoms with Crippen LogP contribution in [-0.2, 0) is 17.3 Å². The Labute approximate surface area is 168 Å². The molecule has 1 aliphatic heterocycles. The topological polar surface area (TPSA) is 66.1 Å². The van der Waals surface area contributed by atoms with Gasteiger partial charge in [0.2, 0.25) is 0 Å². The van der Waals surface area contributed by atoms with E-state index in [0.29, 0.717) is 30.9 Å². The highest BCUT2D eigenvalue weighted by molar-refractivity contribution is 5.94. The van der Waals surface area contributed by atoms with Crippen molar-refractivity contribution in [3.8, 4) is 0 Å². The lowest BCUT2D eigenvalue weighted by Gasteiger charge is -2.40. The molecule has 1 spiro atoms. The van der Waals surface area contributed by atoms with Gasteiger partial charge in [0.05, 0.1) is 5.69 Å². The molecule has 0 bridgehead atoms. The fourth-order valence-corrected chi connectivity index (χ4v) is 4.57. The summed E-state index contributed by atoms with van der Waals surface area (Å²) in [5, 5.41) is 0. The predicted molar refractivity (Wildman–Crippen MR) is 105 cm³/mol. The molecule has 1 unspecified atom stereocenters. The Balaban J connectivity index is 1.70. The Morgan fingerprint density at radius 3 is 2.52 bits per heavy atom. The Hall–Kier alpha value is -2.57. The quantitative estimate of drug-likeness (QED) is 0.796. The van der Waals surface area contributed by atoms with Gasteiger partial charge in [-0.15, -0.1) is 0 Å². The zero-order valence-corrected chi connectivity index (χ0v) is 16.9. The lowest BCUT2D eigenvalue weighted by Crippen LogP contribution is -2.48. The average molecular weight is 401 g/mol. The number of benzene rings is 1. The van der Waals surface area contributed by atoms with E-state index >= 15 is 0 Å². The summed E-state index contributed by atoms with van der Waals surface area (Å²) in [5.41, 5.74) is 0.697. The largest absolute Gasteiger partial charge is 0.338 e. The number of fused-ring (bicyclic) bond motifs is 2. The van der Waals surface area contributed by atoms with Crippen LogP contribution in [0.4, 0.5) is 8.78 Å². The molecule has 2 heterocycles. The highest BCUT2D eigenvalue weighted by atomic mass is 19.1. The molecule has 29 heavy (non-hydrogen) atoms. The summed E-state index contributed by atoms with van der Waals surface area (Å²) in [5.74, 6) is -1.29. The second-order valence-electron chi connectivity index (χ2n) is 9.26. The van der Waals surface area contributed by atoms with Crippen molar-refractivity contribution in [2.24, 2.45) is 0 Å². The fourth-order valence-electron chi connectivity index (χ4n) is 4.57. The van der Waals surface area contributed by atoms with Crippen molar-refractivity contribution >= 4 is 5.91 Å². The number of nitrogens with zero attached hydrogens (tertiary/aromatic N) is 2. The van der Waals surface area contributed by atoms with E-state index in [1.165, 1.54) is 0 Å². The van der Waals surface area contributed by atoms with Crippen LogP contribution in [0.15, 0.2) is 23.0 Å². The Morgan fingerprint density at radius 1 is 1.17 bits per heavy atom. The van der Waals surface area contributed by atoms with Crippen LogP contribution in [0.25, 0.3) is 0 Å². The number of nitrogens with one attached hydrogen (secondary N) is 1. The number of rotatable bonds is 1. The molecule has 1 aliphatic carbocycles. The standard InChI is InChI=1S/C22H25F2N3O2/c1-21(2,3)20-25-17-16(18(28)26-20)5-7-22(17)6-4-8-27(12-22)19(29)13-9-14(23)11-15(24)10-13/h9-11H,4-8,12H2,1-3H3,(H,25,26,28). The van der Waals surface area contributed by atoms with Crippen LogP contribution >= 0.6 is 0 Å². The van der Waals surface area contributed by atoms with Gasteiger partial charge < -0.3 is 9.88 Å². The van der Waals surface area contributed by atoms with Crippen LogP contribution in [0.5, 0.6) is 0 Å². The van der Waals surface area contributed by atoms with Crippen molar-refractivity contribution < 1.29 is 13.6 Å². The first-order valence-corrected chi connectivity index (χ1v) is 9.99. The Kier molecular flexibility index (Phi) is 4.59. The van der Waals surface area contributed by atoms with Crippen LogP contribution in [0.3, 0.4) is 0 Å². The average Bonchev–Trinajstić information content (AvgIpc) is 2.98. The van der Waals surface area contributed by atoms with E-state index in [2.05, 4.69) is 4.98 Å². The molecule has 1 amide bonds. The van der Waals surface area contributed by atoms with E-state index in [9.17, 15) is 18.4 Å². The van der Waals surface area contributed by atoms with Crippen LogP contribution < -0.4 is 5.56 Å². The minimum absolute atomic E-state index is 0.00650. The molecule has 1 fully saturated rings. The summed E-state index contributed by atoms with van der Waals surface area (Å²) in [6, 6.07) is 2.89. The second kappa shape index (κ2) is 6.75. The third-order valence-electron chi connectivity index (χ3n) is 6.06. The van der Waals surface area contributed by atoms with E-state index < -0.39 is 17.5 Å². The van der Waals surface area contributed by atoms with Gasteiger partial charge in [-0.1, -0.05) is 20.8 Å². The molecule has 1 saturated heterocycles. The maximum atomic E-state index is 13.6. The molecule has 154 valence electrons. The van der Waals surface area contributed by atoms with Gasteiger partial charge in [0.1, 0.15) is 17.5 Å². The smallest absolute Gasteiger partial charge is 0.254 e. The summed E-state index contributed by atoms with van der Waals surface area (Å²) >= 11 is 0. The van der Waals surface area contributed by atoms with Crippen LogP contribution in [0, 0.1) is 11.6 Å². The molecule has 4 rings (SSSR count). The third kappa shape index (κ3) is 3.47. The van der Waals surface area contributed by atoms with Crippen LogP contribution in [0.1, 0.15) is 67.5 Å². The highest BCUT2D eigenvalue weighted by Crippen LogP contribution is 2.43. The summed E-state index contributed by atoms with van der Waals surface area (Å²) in [6.07, 6.45) is 2.95. The van der Waals surface area contributed by atoms with Crippen molar-refractivity contribution in [3.63, 3.8) is 0 Å². The van der Waals surface area contributed by atoms with Gasteiger partial charge >= 0.3 is 0 Å². The number of carbonyl (C=O) groups is 1. The number of carbonyl (C=O) groups excluding carboxylic acids is 1. The molecule has 2 aromatic rings. The van der Waals surface area contributed by atoms with Gasteiger partial charge in [-0.25, -0.2) is 13.8 Å². The van der Waals surface area contributed by atoms with E-state index in [0.717, 1.165) is 43.2 Å². The van der Waals surface area contributed by atoms with E-state index in [-0.39, 0.29) is 22.0 Å². The van der Waals surface area contributed by atoms with Crippen molar-refractivity contribution in [3.05, 3.63) is 62.8 Å². The van der Waals surface area contributed by atoms with E-state index in [4.69, 9.17) is 4.98 Å². The number of likely N-dealkylation sites (tertiary alicyclic amines) is 1. The molecule has 7 heteroatoms. The van der Waals surface area contributed by atoms with Crippen molar-refractivity contribution in [1.29, 1.82) is 0 Å². The minimum Gasteiger partial charge on any atom is -0.338 e. The fraction of sp³-hybridized carbons (Fsp3) is 0.500. The maximum Gasteiger partial charge on any atom is 0.254 e. The zero-order chi connectivity index (χ0) is 21.0. The summed E-state index contributed by atoms with van der Waals surface area (Å²) in [7, 11) is 0. The molecular formula is C22H25F2N3O2. The number of halogens is 2. The molecule has 1 atom stereocenters. The number of aromatic nitrogens is 2. The SMILES string of the molecule is CC(C)(C)c1nc2c(c(=O)[nH]1)CCC21CCCN(C(=O)c2cc(F)cc(F)c2)C1. The Bertz CT molecular complexity index is 1020. The lowest BCUT2D eigenvalue weighted by atomic mass is 9.77. The summed E-state index contributed by atoms with van der Waals surface area (Å²) in [4.78, 5) is 35.0. The maximum absolute atomic E-state index is 13.6.